The first-order valence-corrected chi connectivity index (χ1v) is 18.5. The third-order valence-electron chi connectivity index (χ3n) is 8.70. The number of rotatable bonds is 13. The van der Waals surface area contributed by atoms with E-state index in [0.29, 0.717) is 29.2 Å². The average molecular weight is 742 g/mol. The standard InChI is InChI=1S/C39H47F4N5O3S/c1-36(2,3)51-35(49)45-24-27-11-10-14-30(21-27)48-31(23-34(46-48)39(41,42)43)25-44-33-22-29(17-18-32(33)40)38(20-19-26-15-16-26,28-12-8-7-9-13-28)47-52(50)37(4,5)6/h7-14,17-18,21-23,26,44,47H,15-16,19-20,24-25H2,1-6H3,(H,45,49)/t38?,52-/m1/s1. The fourth-order valence-electron chi connectivity index (χ4n) is 5.79. The molecule has 5 rings (SSSR count). The molecular weight excluding hydrogens is 695 g/mol. The lowest BCUT2D eigenvalue weighted by Crippen LogP contribution is -2.52. The van der Waals surface area contributed by atoms with Gasteiger partial charge in [-0.25, -0.2) is 13.9 Å². The summed E-state index contributed by atoms with van der Waals surface area (Å²) in [6, 6.07) is 21.8. The summed E-state index contributed by atoms with van der Waals surface area (Å²) in [5.41, 5.74) is -0.0602. The predicted molar refractivity (Wildman–Crippen MR) is 196 cm³/mol. The van der Waals surface area contributed by atoms with Gasteiger partial charge in [0, 0.05) is 17.9 Å². The molecule has 13 heteroatoms. The highest BCUT2D eigenvalue weighted by molar-refractivity contribution is 7.90. The van der Waals surface area contributed by atoms with Crippen molar-refractivity contribution >= 4 is 23.1 Å². The highest BCUT2D eigenvalue weighted by Crippen LogP contribution is 2.43. The van der Waals surface area contributed by atoms with Crippen LogP contribution in [0.2, 0.25) is 0 Å². The molecule has 1 unspecified atom stereocenters. The SMILES string of the molecule is CC(C)(C)OC(=O)NCc1cccc(-n2nc(C(F)(F)F)cc2CNc2cc(C(CCC3CC3)(N[S@+]([O-])C(C)(C)C)c3ccccc3)ccc2F)c1. The third-order valence-corrected chi connectivity index (χ3v) is 10.3. The number of hydrogen-bond acceptors (Lipinski definition) is 6. The molecule has 0 radical (unpaired) electrons. The van der Waals surface area contributed by atoms with Crippen molar-refractivity contribution in [3.8, 4) is 5.69 Å². The van der Waals surface area contributed by atoms with Gasteiger partial charge in [0.25, 0.3) is 0 Å². The number of carbonyl (C=O) groups is 1. The predicted octanol–water partition coefficient (Wildman–Crippen LogP) is 9.15. The van der Waals surface area contributed by atoms with Crippen LogP contribution >= 0.6 is 0 Å². The number of carbonyl (C=O) groups excluding carboxylic acids is 1. The first-order chi connectivity index (χ1) is 24.3. The van der Waals surface area contributed by atoms with Crippen LogP contribution in [0.25, 0.3) is 5.69 Å². The second-order valence-electron chi connectivity index (χ2n) is 15.2. The third kappa shape index (κ3) is 10.1. The normalized spacial score (nSPS) is 15.5. The summed E-state index contributed by atoms with van der Waals surface area (Å²) in [6.45, 7) is 10.7. The van der Waals surface area contributed by atoms with Crippen LogP contribution in [0.5, 0.6) is 0 Å². The van der Waals surface area contributed by atoms with Crippen LogP contribution in [0.1, 0.15) is 95.3 Å². The van der Waals surface area contributed by atoms with Crippen molar-refractivity contribution in [2.24, 2.45) is 5.92 Å². The van der Waals surface area contributed by atoms with E-state index in [4.69, 9.17) is 4.74 Å². The van der Waals surface area contributed by atoms with Gasteiger partial charge >= 0.3 is 12.3 Å². The Bertz CT molecular complexity index is 1830. The maximum atomic E-state index is 15.6. The fourth-order valence-corrected chi connectivity index (χ4v) is 6.75. The number of anilines is 1. The van der Waals surface area contributed by atoms with Gasteiger partial charge in [0.15, 0.2) is 5.69 Å². The Kier molecular flexibility index (Phi) is 11.7. The van der Waals surface area contributed by atoms with Crippen molar-refractivity contribution in [1.29, 1.82) is 0 Å². The molecule has 1 aliphatic rings. The Balaban J connectivity index is 1.48. The summed E-state index contributed by atoms with van der Waals surface area (Å²) >= 11 is -1.50. The van der Waals surface area contributed by atoms with E-state index in [0.717, 1.165) is 35.6 Å². The topological polar surface area (TPSA) is 103 Å². The molecule has 2 atom stereocenters. The smallest absolute Gasteiger partial charge is 0.435 e. The van der Waals surface area contributed by atoms with Gasteiger partial charge < -0.3 is 19.9 Å². The molecule has 0 spiro atoms. The van der Waals surface area contributed by atoms with Crippen LogP contribution in [0.15, 0.2) is 78.9 Å². The molecule has 1 aliphatic carbocycles. The zero-order chi connectivity index (χ0) is 37.9. The zero-order valence-corrected chi connectivity index (χ0v) is 31.2. The Morgan fingerprint density at radius 3 is 2.27 bits per heavy atom. The minimum Gasteiger partial charge on any atom is -0.598 e. The Morgan fingerprint density at radius 1 is 0.923 bits per heavy atom. The summed E-state index contributed by atoms with van der Waals surface area (Å²) in [6.07, 6.45) is -1.63. The molecule has 0 aliphatic heterocycles. The molecule has 52 heavy (non-hydrogen) atoms. The minimum absolute atomic E-state index is 0.0691. The van der Waals surface area contributed by atoms with Crippen LogP contribution in [-0.2, 0) is 40.9 Å². The number of nitrogens with one attached hydrogen (secondary N) is 3. The summed E-state index contributed by atoms with van der Waals surface area (Å²) in [7, 11) is 0. The van der Waals surface area contributed by atoms with Crippen LogP contribution in [-0.4, -0.2) is 30.8 Å². The number of ether oxygens (including phenoxy) is 1. The Labute approximate surface area is 306 Å². The molecular formula is C39H47F4N5O3S. The van der Waals surface area contributed by atoms with Gasteiger partial charge in [0.1, 0.15) is 21.7 Å². The lowest BCUT2D eigenvalue weighted by atomic mass is 9.79. The van der Waals surface area contributed by atoms with Gasteiger partial charge in [-0.3, -0.25) is 0 Å². The first kappa shape index (κ1) is 39.1. The van der Waals surface area contributed by atoms with E-state index in [1.807, 2.05) is 51.1 Å². The highest BCUT2D eigenvalue weighted by atomic mass is 32.2. The van der Waals surface area contributed by atoms with Crippen LogP contribution in [0, 0.1) is 11.7 Å². The quantitative estimate of drug-likeness (QED) is 0.0934. The van der Waals surface area contributed by atoms with E-state index in [2.05, 4.69) is 20.5 Å². The van der Waals surface area contributed by atoms with E-state index in [-0.39, 0.29) is 24.5 Å². The lowest BCUT2D eigenvalue weighted by molar-refractivity contribution is -0.141. The maximum Gasteiger partial charge on any atom is 0.435 e. The molecule has 3 N–H and O–H groups in total. The molecule has 0 saturated heterocycles. The number of benzene rings is 3. The Hall–Kier alpha value is -4.07. The zero-order valence-electron chi connectivity index (χ0n) is 30.4. The lowest BCUT2D eigenvalue weighted by Gasteiger charge is -2.39. The first-order valence-electron chi connectivity index (χ1n) is 17.4. The molecule has 1 amide bonds. The van der Waals surface area contributed by atoms with E-state index in [1.165, 1.54) is 6.07 Å². The van der Waals surface area contributed by atoms with E-state index < -0.39 is 51.0 Å². The van der Waals surface area contributed by atoms with Crippen molar-refractivity contribution in [2.75, 3.05) is 5.32 Å². The fraction of sp³-hybridized carbons (Fsp3) is 0.436. The second-order valence-corrected chi connectivity index (χ2v) is 17.2. The molecule has 0 bridgehead atoms. The molecule has 4 aromatic rings. The molecule has 280 valence electrons. The van der Waals surface area contributed by atoms with E-state index >= 15 is 4.39 Å². The van der Waals surface area contributed by atoms with Gasteiger partial charge in [-0.15, -0.1) is 4.72 Å². The summed E-state index contributed by atoms with van der Waals surface area (Å²) in [5.74, 6) is -0.0390. The van der Waals surface area contributed by atoms with Crippen molar-refractivity contribution in [2.45, 2.75) is 102 Å². The second kappa shape index (κ2) is 15.5. The minimum atomic E-state index is -4.73. The van der Waals surface area contributed by atoms with Crippen molar-refractivity contribution < 1.29 is 31.6 Å². The van der Waals surface area contributed by atoms with Crippen LogP contribution in [0.4, 0.5) is 28.0 Å². The number of alkyl carbamates (subject to hydrolysis) is 1. The summed E-state index contributed by atoms with van der Waals surface area (Å²) in [5, 5.41) is 9.55. The van der Waals surface area contributed by atoms with Gasteiger partial charge in [0.2, 0.25) is 0 Å². The molecule has 1 fully saturated rings. The number of aromatic nitrogens is 2. The number of alkyl halides is 3. The Morgan fingerprint density at radius 2 is 1.63 bits per heavy atom. The van der Waals surface area contributed by atoms with Crippen LogP contribution < -0.4 is 15.4 Å². The monoisotopic (exact) mass is 741 g/mol. The molecule has 8 nitrogen and oxygen atoms in total. The maximum absolute atomic E-state index is 15.6. The number of nitrogens with zero attached hydrogens (tertiary/aromatic N) is 2. The average Bonchev–Trinajstić information content (AvgIpc) is 3.80. The number of hydrogen-bond donors (Lipinski definition) is 3. The van der Waals surface area contributed by atoms with Crippen LogP contribution in [0.3, 0.4) is 0 Å². The molecule has 1 aromatic heterocycles. The molecule has 3 aromatic carbocycles. The van der Waals surface area contributed by atoms with E-state index in [1.54, 1.807) is 57.2 Å². The van der Waals surface area contributed by atoms with Gasteiger partial charge in [-0.05, 0) is 107 Å². The van der Waals surface area contributed by atoms with Gasteiger partial charge in [-0.1, -0.05) is 61.4 Å². The van der Waals surface area contributed by atoms with Gasteiger partial charge in [0.05, 0.1) is 23.6 Å². The molecule has 1 heterocycles. The summed E-state index contributed by atoms with van der Waals surface area (Å²) < 4.78 is 80.5. The van der Waals surface area contributed by atoms with E-state index in [9.17, 15) is 22.5 Å². The number of amides is 1. The van der Waals surface area contributed by atoms with Crippen molar-refractivity contribution in [3.05, 3.63) is 113 Å². The molecule has 1 saturated carbocycles. The highest BCUT2D eigenvalue weighted by Gasteiger charge is 2.43. The summed E-state index contributed by atoms with van der Waals surface area (Å²) in [4.78, 5) is 12.2. The number of halogens is 4. The van der Waals surface area contributed by atoms with Crippen molar-refractivity contribution in [3.63, 3.8) is 0 Å². The van der Waals surface area contributed by atoms with Crippen molar-refractivity contribution in [1.82, 2.24) is 19.8 Å². The largest absolute Gasteiger partial charge is 0.598 e. The van der Waals surface area contributed by atoms with Gasteiger partial charge in [-0.2, -0.15) is 18.3 Å².